The van der Waals surface area contributed by atoms with Gasteiger partial charge in [0.05, 0.1) is 11.1 Å². The SMILES string of the molecule is CSc1ccc2c3c(c(OS(=O)(=O)c4ccc(C)cc4)nc2c1)C(=O)c1cnccc1-3. The summed E-state index contributed by atoms with van der Waals surface area (Å²) in [5.41, 5.74) is 3.33. The van der Waals surface area contributed by atoms with Crippen molar-refractivity contribution in [3.63, 3.8) is 0 Å². The first-order valence-electron chi connectivity index (χ1n) is 9.41. The maximum atomic E-state index is 13.2. The van der Waals surface area contributed by atoms with E-state index in [0.717, 1.165) is 15.8 Å². The van der Waals surface area contributed by atoms with Crippen molar-refractivity contribution in [2.75, 3.05) is 6.26 Å². The van der Waals surface area contributed by atoms with E-state index in [1.807, 2.05) is 31.4 Å². The van der Waals surface area contributed by atoms with Crippen molar-refractivity contribution in [1.29, 1.82) is 0 Å². The number of ketones is 1. The number of pyridine rings is 2. The van der Waals surface area contributed by atoms with Gasteiger partial charge in [-0.05, 0) is 49.1 Å². The van der Waals surface area contributed by atoms with Gasteiger partial charge in [-0.25, -0.2) is 4.98 Å². The average molecular weight is 449 g/mol. The maximum absolute atomic E-state index is 13.2. The molecule has 2 heterocycles. The minimum Gasteiger partial charge on any atom is -0.357 e. The van der Waals surface area contributed by atoms with E-state index in [1.54, 1.807) is 36.2 Å². The zero-order valence-corrected chi connectivity index (χ0v) is 18.3. The van der Waals surface area contributed by atoms with E-state index in [1.165, 1.54) is 18.3 Å². The first-order chi connectivity index (χ1) is 14.9. The molecule has 1 aliphatic carbocycles. The van der Waals surface area contributed by atoms with Crippen LogP contribution in [0.1, 0.15) is 21.5 Å². The molecule has 2 aromatic heterocycles. The summed E-state index contributed by atoms with van der Waals surface area (Å²) in [4.78, 5) is 22.7. The van der Waals surface area contributed by atoms with E-state index in [2.05, 4.69) is 9.97 Å². The van der Waals surface area contributed by atoms with E-state index in [0.29, 0.717) is 22.2 Å². The molecule has 5 rings (SSSR count). The van der Waals surface area contributed by atoms with Crippen LogP contribution < -0.4 is 4.18 Å². The molecule has 0 unspecified atom stereocenters. The van der Waals surface area contributed by atoms with Crippen LogP contribution in [0.4, 0.5) is 0 Å². The molecule has 0 atom stereocenters. The Hall–Kier alpha value is -3.23. The predicted octanol–water partition coefficient (Wildman–Crippen LogP) is 4.64. The van der Waals surface area contributed by atoms with Crippen LogP contribution in [0.25, 0.3) is 22.0 Å². The highest BCUT2D eigenvalue weighted by Crippen LogP contribution is 2.45. The average Bonchev–Trinajstić information content (AvgIpc) is 3.07. The van der Waals surface area contributed by atoms with Crippen LogP contribution in [0.3, 0.4) is 0 Å². The molecule has 0 saturated heterocycles. The molecule has 31 heavy (non-hydrogen) atoms. The number of carbonyl (C=O) groups is 1. The fourth-order valence-electron chi connectivity index (χ4n) is 3.68. The van der Waals surface area contributed by atoms with Crippen LogP contribution in [0.2, 0.25) is 0 Å². The van der Waals surface area contributed by atoms with Crippen LogP contribution in [-0.4, -0.2) is 30.4 Å². The maximum Gasteiger partial charge on any atom is 0.340 e. The molecule has 1 aliphatic rings. The third-order valence-corrected chi connectivity index (χ3v) is 7.17. The van der Waals surface area contributed by atoms with Gasteiger partial charge in [-0.2, -0.15) is 8.42 Å². The smallest absolute Gasteiger partial charge is 0.340 e. The van der Waals surface area contributed by atoms with Gasteiger partial charge in [0, 0.05) is 33.8 Å². The molecule has 2 aromatic carbocycles. The topological polar surface area (TPSA) is 86.2 Å². The van der Waals surface area contributed by atoms with Gasteiger partial charge in [-0.1, -0.05) is 23.8 Å². The van der Waals surface area contributed by atoms with Gasteiger partial charge >= 0.3 is 10.1 Å². The van der Waals surface area contributed by atoms with Crippen LogP contribution in [0, 0.1) is 6.92 Å². The fourth-order valence-corrected chi connectivity index (χ4v) is 5.01. The standard InChI is InChI=1S/C23H16N2O4S2/c1-13-3-6-15(7-4-13)31(27,28)29-23-21-20(16-9-10-24-12-18(16)22(21)26)17-8-5-14(30-2)11-19(17)25-23/h3-12H,1-2H3. The van der Waals surface area contributed by atoms with E-state index < -0.39 is 10.1 Å². The zero-order chi connectivity index (χ0) is 21.8. The molecule has 0 spiro atoms. The summed E-state index contributed by atoms with van der Waals surface area (Å²) in [7, 11) is -4.18. The van der Waals surface area contributed by atoms with E-state index in [4.69, 9.17) is 4.18 Å². The normalized spacial score (nSPS) is 12.6. The van der Waals surface area contributed by atoms with E-state index in [-0.39, 0.29) is 22.1 Å². The molecule has 6 nitrogen and oxygen atoms in total. The second-order valence-electron chi connectivity index (χ2n) is 7.15. The lowest BCUT2D eigenvalue weighted by Crippen LogP contribution is -2.13. The second kappa shape index (κ2) is 7.18. The Morgan fingerprint density at radius 3 is 2.48 bits per heavy atom. The van der Waals surface area contributed by atoms with Crippen LogP contribution in [-0.2, 0) is 10.1 Å². The molecule has 154 valence electrons. The molecule has 0 saturated carbocycles. The highest BCUT2D eigenvalue weighted by molar-refractivity contribution is 7.98. The molecule has 8 heteroatoms. The number of rotatable bonds is 4. The van der Waals surface area contributed by atoms with Gasteiger partial charge in [0.25, 0.3) is 0 Å². The van der Waals surface area contributed by atoms with Gasteiger partial charge in [0.2, 0.25) is 11.7 Å². The van der Waals surface area contributed by atoms with Gasteiger partial charge in [0.1, 0.15) is 4.90 Å². The Balaban J connectivity index is 1.76. The van der Waals surface area contributed by atoms with Crippen LogP contribution >= 0.6 is 11.8 Å². The molecule has 0 aliphatic heterocycles. The Labute approximate surface area is 183 Å². The number of hydrogen-bond acceptors (Lipinski definition) is 7. The summed E-state index contributed by atoms with van der Waals surface area (Å²) in [5.74, 6) is -0.571. The number of fused-ring (bicyclic) bond motifs is 5. The lowest BCUT2D eigenvalue weighted by Gasteiger charge is -2.13. The van der Waals surface area contributed by atoms with Crippen molar-refractivity contribution in [1.82, 2.24) is 9.97 Å². The zero-order valence-electron chi connectivity index (χ0n) is 16.6. The van der Waals surface area contributed by atoms with Crippen molar-refractivity contribution in [3.8, 4) is 17.0 Å². The Morgan fingerprint density at radius 2 is 1.74 bits per heavy atom. The Bertz CT molecular complexity index is 1480. The summed E-state index contributed by atoms with van der Waals surface area (Å²) in [6, 6.07) is 13.8. The summed E-state index contributed by atoms with van der Waals surface area (Å²) in [6.45, 7) is 1.86. The van der Waals surface area contributed by atoms with Gasteiger partial charge in [0.15, 0.2) is 0 Å². The van der Waals surface area contributed by atoms with Crippen molar-refractivity contribution >= 4 is 38.6 Å². The Kier molecular flexibility index (Phi) is 4.56. The fraction of sp³-hybridized carbons (Fsp3) is 0.0870. The number of aryl methyl sites for hydroxylation is 1. The molecule has 0 fully saturated rings. The molecule has 0 bridgehead atoms. The number of aromatic nitrogens is 2. The number of nitrogens with zero attached hydrogens (tertiary/aromatic N) is 2. The molecular formula is C23H16N2O4S2. The second-order valence-corrected chi connectivity index (χ2v) is 9.58. The molecule has 4 aromatic rings. The van der Waals surface area contributed by atoms with Crippen LogP contribution in [0.5, 0.6) is 5.88 Å². The largest absolute Gasteiger partial charge is 0.357 e. The molecular weight excluding hydrogens is 432 g/mol. The Morgan fingerprint density at radius 1 is 0.968 bits per heavy atom. The number of carbonyl (C=O) groups excluding carboxylic acids is 1. The molecule has 0 amide bonds. The third kappa shape index (κ3) is 3.19. The van der Waals surface area contributed by atoms with Gasteiger partial charge in [-0.15, -0.1) is 11.8 Å². The first kappa shape index (κ1) is 19.7. The van der Waals surface area contributed by atoms with E-state index >= 15 is 0 Å². The lowest BCUT2D eigenvalue weighted by molar-refractivity contribution is 0.104. The van der Waals surface area contributed by atoms with Crippen molar-refractivity contribution in [3.05, 3.63) is 77.6 Å². The van der Waals surface area contributed by atoms with Crippen molar-refractivity contribution in [2.24, 2.45) is 0 Å². The number of benzene rings is 2. The predicted molar refractivity (Wildman–Crippen MR) is 119 cm³/mol. The molecule has 0 radical (unpaired) electrons. The number of hydrogen-bond donors (Lipinski definition) is 0. The van der Waals surface area contributed by atoms with E-state index in [9.17, 15) is 13.2 Å². The van der Waals surface area contributed by atoms with Crippen molar-refractivity contribution in [2.45, 2.75) is 16.7 Å². The quantitative estimate of drug-likeness (QED) is 0.292. The lowest BCUT2D eigenvalue weighted by atomic mass is 10.0. The summed E-state index contributed by atoms with van der Waals surface area (Å²) < 4.78 is 31.4. The highest BCUT2D eigenvalue weighted by atomic mass is 32.2. The third-order valence-electron chi connectivity index (χ3n) is 5.22. The minimum absolute atomic E-state index is 0.00348. The summed E-state index contributed by atoms with van der Waals surface area (Å²) in [5, 5.41) is 0.756. The van der Waals surface area contributed by atoms with Crippen LogP contribution in [0.15, 0.2) is 70.7 Å². The summed E-state index contributed by atoms with van der Waals surface area (Å²) in [6.07, 6.45) is 5.03. The monoisotopic (exact) mass is 448 g/mol. The highest BCUT2D eigenvalue weighted by Gasteiger charge is 2.35. The summed E-state index contributed by atoms with van der Waals surface area (Å²) >= 11 is 1.54. The molecule has 0 N–H and O–H groups in total. The van der Waals surface area contributed by atoms with Gasteiger partial charge < -0.3 is 4.18 Å². The first-order valence-corrected chi connectivity index (χ1v) is 12.0. The number of thioether (sulfide) groups is 1. The van der Waals surface area contributed by atoms with Gasteiger partial charge in [-0.3, -0.25) is 9.78 Å². The van der Waals surface area contributed by atoms with Crippen molar-refractivity contribution < 1.29 is 17.4 Å². The minimum atomic E-state index is -4.18.